The van der Waals surface area contributed by atoms with Crippen molar-refractivity contribution in [2.75, 3.05) is 24.4 Å². The van der Waals surface area contributed by atoms with Crippen LogP contribution in [0, 0.1) is 0 Å². The fourth-order valence-electron chi connectivity index (χ4n) is 1.87. The number of aryl methyl sites for hydroxylation is 1. The molecule has 0 unspecified atom stereocenters. The van der Waals surface area contributed by atoms with E-state index in [4.69, 9.17) is 9.47 Å². The molecular formula is C16H25N3O4. The molecule has 1 aromatic rings. The smallest absolute Gasteiger partial charge is 0.412 e. The Morgan fingerprint density at radius 1 is 1.26 bits per heavy atom. The van der Waals surface area contributed by atoms with E-state index >= 15 is 0 Å². The molecule has 0 saturated heterocycles. The summed E-state index contributed by atoms with van der Waals surface area (Å²) in [5.41, 5.74) is 0.824. The Bertz CT molecular complexity index is 553. The lowest BCUT2D eigenvalue weighted by molar-refractivity contribution is -0.114. The van der Waals surface area contributed by atoms with Crippen LogP contribution in [0.5, 0.6) is 0 Å². The molecule has 0 aliphatic heterocycles. The highest BCUT2D eigenvalue weighted by molar-refractivity contribution is 5.90. The summed E-state index contributed by atoms with van der Waals surface area (Å²) >= 11 is 0. The maximum Gasteiger partial charge on any atom is 0.412 e. The minimum absolute atomic E-state index is 0.229. The number of aromatic nitrogens is 1. The van der Waals surface area contributed by atoms with Crippen molar-refractivity contribution in [2.45, 2.75) is 46.1 Å². The standard InChI is InChI=1S/C16H25N3O4/c1-11(20)18-14-9-13(19-15(21)23-16(2,3)4)12(10-17-14)7-6-8-22-5/h9-10H,6-8H2,1-5H3,(H2,17,18,19,20,21). The molecule has 0 aliphatic carbocycles. The third kappa shape index (κ3) is 7.60. The second-order valence-electron chi connectivity index (χ2n) is 6.13. The van der Waals surface area contributed by atoms with Crippen LogP contribution in [-0.2, 0) is 20.7 Å². The summed E-state index contributed by atoms with van der Waals surface area (Å²) in [5, 5.41) is 5.31. The van der Waals surface area contributed by atoms with E-state index in [-0.39, 0.29) is 5.91 Å². The third-order valence-corrected chi connectivity index (χ3v) is 2.72. The van der Waals surface area contributed by atoms with Crippen molar-refractivity contribution in [3.63, 3.8) is 0 Å². The van der Waals surface area contributed by atoms with Gasteiger partial charge in [0, 0.05) is 32.9 Å². The van der Waals surface area contributed by atoms with Crippen LogP contribution in [0.4, 0.5) is 16.3 Å². The molecule has 0 radical (unpaired) electrons. The Kier molecular flexibility index (Phi) is 6.96. The number of hydrogen-bond donors (Lipinski definition) is 2. The molecule has 0 spiro atoms. The van der Waals surface area contributed by atoms with E-state index in [1.54, 1.807) is 40.1 Å². The molecule has 1 aromatic heterocycles. The van der Waals surface area contributed by atoms with Crippen molar-refractivity contribution in [1.29, 1.82) is 0 Å². The zero-order valence-corrected chi connectivity index (χ0v) is 14.4. The van der Waals surface area contributed by atoms with E-state index < -0.39 is 11.7 Å². The number of methoxy groups -OCH3 is 1. The second kappa shape index (κ2) is 8.47. The van der Waals surface area contributed by atoms with Gasteiger partial charge < -0.3 is 14.8 Å². The average Bonchev–Trinajstić information content (AvgIpc) is 2.38. The van der Waals surface area contributed by atoms with E-state index in [9.17, 15) is 9.59 Å². The van der Waals surface area contributed by atoms with Gasteiger partial charge in [-0.2, -0.15) is 0 Å². The van der Waals surface area contributed by atoms with Gasteiger partial charge in [-0.25, -0.2) is 9.78 Å². The summed E-state index contributed by atoms with van der Waals surface area (Å²) < 4.78 is 10.3. The molecule has 0 aromatic carbocycles. The first-order chi connectivity index (χ1) is 10.7. The molecule has 7 heteroatoms. The summed E-state index contributed by atoms with van der Waals surface area (Å²) in [5.74, 6) is 0.145. The molecule has 1 heterocycles. The Balaban J connectivity index is 2.92. The molecule has 0 bridgehead atoms. The van der Waals surface area contributed by atoms with E-state index in [0.29, 0.717) is 24.5 Å². The number of rotatable bonds is 6. The fourth-order valence-corrected chi connectivity index (χ4v) is 1.87. The maximum atomic E-state index is 12.0. The van der Waals surface area contributed by atoms with Crippen molar-refractivity contribution in [3.05, 3.63) is 17.8 Å². The molecule has 128 valence electrons. The molecule has 0 aliphatic rings. The van der Waals surface area contributed by atoms with Gasteiger partial charge in [-0.05, 0) is 39.2 Å². The number of ether oxygens (including phenoxy) is 2. The first kappa shape index (κ1) is 18.9. The summed E-state index contributed by atoms with van der Waals surface area (Å²) in [6.45, 7) is 7.39. The van der Waals surface area contributed by atoms with Gasteiger partial charge in [0.2, 0.25) is 5.91 Å². The van der Waals surface area contributed by atoms with E-state index in [0.717, 1.165) is 12.0 Å². The topological polar surface area (TPSA) is 89.5 Å². The summed E-state index contributed by atoms with van der Waals surface area (Å²) in [6.07, 6.45) is 2.56. The van der Waals surface area contributed by atoms with Gasteiger partial charge in [0.1, 0.15) is 11.4 Å². The van der Waals surface area contributed by atoms with Crippen molar-refractivity contribution in [3.8, 4) is 0 Å². The van der Waals surface area contributed by atoms with Crippen molar-refractivity contribution in [1.82, 2.24) is 4.98 Å². The lowest BCUT2D eigenvalue weighted by Crippen LogP contribution is -2.27. The monoisotopic (exact) mass is 323 g/mol. The van der Waals surface area contributed by atoms with Gasteiger partial charge in [0.05, 0.1) is 5.69 Å². The van der Waals surface area contributed by atoms with Crippen LogP contribution in [0.25, 0.3) is 0 Å². The number of carbonyl (C=O) groups is 2. The number of nitrogens with zero attached hydrogens (tertiary/aromatic N) is 1. The van der Waals surface area contributed by atoms with Crippen LogP contribution >= 0.6 is 0 Å². The normalized spacial score (nSPS) is 11.0. The lowest BCUT2D eigenvalue weighted by Gasteiger charge is -2.20. The molecule has 0 atom stereocenters. The zero-order valence-electron chi connectivity index (χ0n) is 14.4. The number of amides is 2. The van der Waals surface area contributed by atoms with Gasteiger partial charge in [-0.1, -0.05) is 0 Å². The highest BCUT2D eigenvalue weighted by Crippen LogP contribution is 2.21. The predicted molar refractivity (Wildman–Crippen MR) is 88.6 cm³/mol. The van der Waals surface area contributed by atoms with Crippen molar-refractivity contribution in [2.24, 2.45) is 0 Å². The third-order valence-electron chi connectivity index (χ3n) is 2.72. The Hall–Kier alpha value is -2.15. The Labute approximate surface area is 136 Å². The van der Waals surface area contributed by atoms with Crippen LogP contribution < -0.4 is 10.6 Å². The highest BCUT2D eigenvalue weighted by Gasteiger charge is 2.17. The molecule has 1 rings (SSSR count). The van der Waals surface area contributed by atoms with Crippen LogP contribution in [-0.4, -0.2) is 36.3 Å². The maximum absolute atomic E-state index is 12.0. The summed E-state index contributed by atoms with van der Waals surface area (Å²) in [7, 11) is 1.64. The van der Waals surface area contributed by atoms with Crippen molar-refractivity contribution < 1.29 is 19.1 Å². The molecule has 0 saturated carbocycles. The van der Waals surface area contributed by atoms with Crippen LogP contribution in [0.2, 0.25) is 0 Å². The first-order valence-electron chi connectivity index (χ1n) is 7.46. The van der Waals surface area contributed by atoms with E-state index in [2.05, 4.69) is 15.6 Å². The second-order valence-corrected chi connectivity index (χ2v) is 6.13. The number of pyridine rings is 1. The van der Waals surface area contributed by atoms with Gasteiger partial charge in [-0.15, -0.1) is 0 Å². The van der Waals surface area contributed by atoms with Gasteiger partial charge in [0.25, 0.3) is 0 Å². The Morgan fingerprint density at radius 3 is 2.52 bits per heavy atom. The number of hydrogen-bond acceptors (Lipinski definition) is 5. The minimum Gasteiger partial charge on any atom is -0.444 e. The lowest BCUT2D eigenvalue weighted by atomic mass is 10.1. The van der Waals surface area contributed by atoms with Gasteiger partial charge in [-0.3, -0.25) is 10.1 Å². The Morgan fingerprint density at radius 2 is 1.96 bits per heavy atom. The van der Waals surface area contributed by atoms with E-state index in [1.165, 1.54) is 6.92 Å². The van der Waals surface area contributed by atoms with Crippen LogP contribution in [0.15, 0.2) is 12.3 Å². The zero-order chi connectivity index (χ0) is 17.5. The molecule has 23 heavy (non-hydrogen) atoms. The van der Waals surface area contributed by atoms with Gasteiger partial charge >= 0.3 is 6.09 Å². The number of anilines is 2. The summed E-state index contributed by atoms with van der Waals surface area (Å²) in [6, 6.07) is 1.62. The summed E-state index contributed by atoms with van der Waals surface area (Å²) in [4.78, 5) is 27.3. The minimum atomic E-state index is -0.589. The predicted octanol–water partition coefficient (Wildman–Crippen LogP) is 2.97. The quantitative estimate of drug-likeness (QED) is 0.786. The molecule has 0 fully saturated rings. The molecular weight excluding hydrogens is 298 g/mol. The van der Waals surface area contributed by atoms with E-state index in [1.807, 2.05) is 0 Å². The molecule has 7 nitrogen and oxygen atoms in total. The van der Waals surface area contributed by atoms with Crippen molar-refractivity contribution >= 4 is 23.5 Å². The fraction of sp³-hybridized carbons (Fsp3) is 0.562. The molecule has 2 N–H and O–H groups in total. The SMILES string of the molecule is COCCCc1cnc(NC(C)=O)cc1NC(=O)OC(C)(C)C. The molecule has 2 amide bonds. The average molecular weight is 323 g/mol. The first-order valence-corrected chi connectivity index (χ1v) is 7.46. The number of carbonyl (C=O) groups excluding carboxylic acids is 2. The van der Waals surface area contributed by atoms with Gasteiger partial charge in [0.15, 0.2) is 0 Å². The highest BCUT2D eigenvalue weighted by atomic mass is 16.6. The van der Waals surface area contributed by atoms with Crippen LogP contribution in [0.1, 0.15) is 39.7 Å². The largest absolute Gasteiger partial charge is 0.444 e. The number of nitrogens with one attached hydrogen (secondary N) is 2. The van der Waals surface area contributed by atoms with Crippen LogP contribution in [0.3, 0.4) is 0 Å².